The number of carboxylic acid groups (broad SMARTS) is 1. The van der Waals surface area contributed by atoms with Gasteiger partial charge in [-0.2, -0.15) is 0 Å². The van der Waals surface area contributed by atoms with Crippen molar-refractivity contribution in [2.24, 2.45) is 0 Å². The van der Waals surface area contributed by atoms with E-state index in [9.17, 15) is 19.8 Å². The predicted molar refractivity (Wildman–Crippen MR) is 70.9 cm³/mol. The summed E-state index contributed by atoms with van der Waals surface area (Å²) in [6.45, 7) is 3.40. The quantitative estimate of drug-likeness (QED) is 0.605. The maximum absolute atomic E-state index is 11.8. The molecular weight excluding hydrogens is 248 g/mol. The van der Waals surface area contributed by atoms with Crippen molar-refractivity contribution in [2.75, 3.05) is 0 Å². The first-order valence-electron chi connectivity index (χ1n) is 6.87. The Hall–Kier alpha value is -1.30. The van der Waals surface area contributed by atoms with Crippen molar-refractivity contribution in [3.8, 4) is 0 Å². The highest BCUT2D eigenvalue weighted by molar-refractivity contribution is 5.85. The molecule has 0 aromatic rings. The molecule has 1 aliphatic rings. The van der Waals surface area contributed by atoms with Crippen LogP contribution in [0.1, 0.15) is 52.4 Å². The number of aliphatic hydroxyl groups is 1. The van der Waals surface area contributed by atoms with Crippen LogP contribution in [0.3, 0.4) is 0 Å². The van der Waals surface area contributed by atoms with Crippen molar-refractivity contribution in [3.05, 3.63) is 0 Å². The number of urea groups is 1. The van der Waals surface area contributed by atoms with Gasteiger partial charge in [0, 0.05) is 6.04 Å². The maximum atomic E-state index is 11.8. The van der Waals surface area contributed by atoms with Gasteiger partial charge in [-0.1, -0.05) is 13.3 Å². The van der Waals surface area contributed by atoms with Crippen molar-refractivity contribution < 1.29 is 19.8 Å². The predicted octanol–water partition coefficient (Wildman–Crippen LogP) is 1.23. The molecule has 1 unspecified atom stereocenters. The Bertz CT molecular complexity index is 327. The number of carbonyl (C=O) groups is 2. The molecule has 2 amide bonds. The molecule has 0 heterocycles. The number of carboxylic acids is 1. The summed E-state index contributed by atoms with van der Waals surface area (Å²) in [6.07, 6.45) is 3.60. The summed E-state index contributed by atoms with van der Waals surface area (Å²) in [7, 11) is 0. The van der Waals surface area contributed by atoms with Crippen molar-refractivity contribution in [2.45, 2.75) is 70.1 Å². The number of hydrogen-bond donors (Lipinski definition) is 4. The Labute approximate surface area is 113 Å². The molecule has 0 saturated heterocycles. The zero-order valence-corrected chi connectivity index (χ0v) is 11.6. The van der Waals surface area contributed by atoms with Gasteiger partial charge in [-0.15, -0.1) is 0 Å². The number of rotatable bonds is 5. The molecular formula is C13H24N2O4. The van der Waals surface area contributed by atoms with Gasteiger partial charge >= 0.3 is 12.0 Å². The fourth-order valence-corrected chi connectivity index (χ4v) is 2.42. The standard InChI is InChI=1S/C13H24N2O4/c1-3-8-13(2,11(17)18)15-12(19)14-9-4-6-10(16)7-5-9/h9-10,16H,3-8H2,1-2H3,(H,17,18)(H2,14,15,19). The van der Waals surface area contributed by atoms with Crippen molar-refractivity contribution in [1.29, 1.82) is 0 Å². The van der Waals surface area contributed by atoms with Crippen LogP contribution in [0.2, 0.25) is 0 Å². The summed E-state index contributed by atoms with van der Waals surface area (Å²) in [6, 6.07) is -0.428. The average molecular weight is 272 g/mol. The van der Waals surface area contributed by atoms with Crippen LogP contribution in [0.4, 0.5) is 4.79 Å². The topological polar surface area (TPSA) is 98.7 Å². The minimum atomic E-state index is -1.23. The summed E-state index contributed by atoms with van der Waals surface area (Å²) >= 11 is 0. The molecule has 1 aliphatic carbocycles. The molecule has 6 nitrogen and oxygen atoms in total. The first kappa shape index (κ1) is 15.8. The zero-order chi connectivity index (χ0) is 14.5. The van der Waals surface area contributed by atoms with Crippen LogP contribution < -0.4 is 10.6 Å². The second kappa shape index (κ2) is 6.75. The van der Waals surface area contributed by atoms with Gasteiger partial charge in [0.1, 0.15) is 5.54 Å². The lowest BCUT2D eigenvalue weighted by Gasteiger charge is -2.30. The van der Waals surface area contributed by atoms with Crippen LogP contribution in [0.5, 0.6) is 0 Å². The highest BCUT2D eigenvalue weighted by Crippen LogP contribution is 2.18. The average Bonchev–Trinajstić information content (AvgIpc) is 2.32. The highest BCUT2D eigenvalue weighted by atomic mass is 16.4. The number of carbonyl (C=O) groups excluding carboxylic acids is 1. The molecule has 1 rings (SSSR count). The van der Waals surface area contributed by atoms with Gasteiger partial charge in [0.15, 0.2) is 0 Å². The van der Waals surface area contributed by atoms with Gasteiger partial charge in [-0.25, -0.2) is 9.59 Å². The summed E-state index contributed by atoms with van der Waals surface area (Å²) in [5.74, 6) is -1.02. The van der Waals surface area contributed by atoms with E-state index in [-0.39, 0.29) is 12.1 Å². The summed E-state index contributed by atoms with van der Waals surface area (Å²) in [5.41, 5.74) is -1.23. The Morgan fingerprint density at radius 2 is 1.84 bits per heavy atom. The van der Waals surface area contributed by atoms with Crippen molar-refractivity contribution >= 4 is 12.0 Å². The second-order valence-corrected chi connectivity index (χ2v) is 5.49. The Morgan fingerprint density at radius 3 is 2.32 bits per heavy atom. The van der Waals surface area contributed by atoms with Crippen LogP contribution in [-0.4, -0.2) is 39.9 Å². The third kappa shape index (κ3) is 4.70. The van der Waals surface area contributed by atoms with Gasteiger partial charge in [0.25, 0.3) is 0 Å². The third-order valence-electron chi connectivity index (χ3n) is 3.64. The number of aliphatic hydroxyl groups excluding tert-OH is 1. The van der Waals surface area contributed by atoms with E-state index in [1.54, 1.807) is 0 Å². The van der Waals surface area contributed by atoms with Crippen LogP contribution in [0.25, 0.3) is 0 Å². The minimum Gasteiger partial charge on any atom is -0.480 e. The maximum Gasteiger partial charge on any atom is 0.329 e. The van der Waals surface area contributed by atoms with Gasteiger partial charge in [0.05, 0.1) is 6.10 Å². The van der Waals surface area contributed by atoms with E-state index < -0.39 is 17.5 Å². The molecule has 19 heavy (non-hydrogen) atoms. The molecule has 0 aromatic carbocycles. The molecule has 0 radical (unpaired) electrons. The molecule has 6 heteroatoms. The molecule has 4 N–H and O–H groups in total. The molecule has 1 saturated carbocycles. The van der Waals surface area contributed by atoms with Gasteiger partial charge in [-0.05, 0) is 39.0 Å². The fourth-order valence-electron chi connectivity index (χ4n) is 2.42. The van der Waals surface area contributed by atoms with E-state index in [4.69, 9.17) is 0 Å². The largest absolute Gasteiger partial charge is 0.480 e. The first-order valence-corrected chi connectivity index (χ1v) is 6.87. The Morgan fingerprint density at radius 1 is 1.26 bits per heavy atom. The summed E-state index contributed by atoms with van der Waals surface area (Å²) in [4.78, 5) is 23.0. The fraction of sp³-hybridized carbons (Fsp3) is 0.846. The van der Waals surface area contributed by atoms with Gasteiger partial charge in [0.2, 0.25) is 0 Å². The summed E-state index contributed by atoms with van der Waals surface area (Å²) < 4.78 is 0. The molecule has 0 aromatic heterocycles. The SMILES string of the molecule is CCCC(C)(NC(=O)NC1CCC(O)CC1)C(=O)O. The van der Waals surface area contributed by atoms with Crippen molar-refractivity contribution in [1.82, 2.24) is 10.6 Å². The van der Waals surface area contributed by atoms with Gasteiger partial charge < -0.3 is 20.8 Å². The second-order valence-electron chi connectivity index (χ2n) is 5.49. The lowest BCUT2D eigenvalue weighted by Crippen LogP contribution is -2.56. The van der Waals surface area contributed by atoms with E-state index in [2.05, 4.69) is 10.6 Å². The molecule has 110 valence electrons. The Kier molecular flexibility index (Phi) is 5.60. The number of aliphatic carboxylic acids is 1. The molecule has 0 bridgehead atoms. The Balaban J connectivity index is 2.47. The monoisotopic (exact) mass is 272 g/mol. The van der Waals surface area contributed by atoms with Crippen LogP contribution in [0, 0.1) is 0 Å². The molecule has 1 fully saturated rings. The van der Waals surface area contributed by atoms with E-state index in [0.29, 0.717) is 25.7 Å². The van der Waals surface area contributed by atoms with Crippen LogP contribution in [-0.2, 0) is 4.79 Å². The smallest absolute Gasteiger partial charge is 0.329 e. The lowest BCUT2D eigenvalue weighted by atomic mass is 9.93. The first-order chi connectivity index (χ1) is 8.87. The molecule has 0 aliphatic heterocycles. The van der Waals surface area contributed by atoms with E-state index in [0.717, 1.165) is 12.8 Å². The van der Waals surface area contributed by atoms with E-state index in [1.165, 1.54) is 6.92 Å². The lowest BCUT2D eigenvalue weighted by molar-refractivity contribution is -0.144. The van der Waals surface area contributed by atoms with Crippen LogP contribution >= 0.6 is 0 Å². The van der Waals surface area contributed by atoms with E-state index in [1.807, 2.05) is 6.92 Å². The normalized spacial score (nSPS) is 26.3. The zero-order valence-electron chi connectivity index (χ0n) is 11.6. The number of nitrogens with one attached hydrogen (secondary N) is 2. The van der Waals surface area contributed by atoms with Crippen molar-refractivity contribution in [3.63, 3.8) is 0 Å². The van der Waals surface area contributed by atoms with Gasteiger partial charge in [-0.3, -0.25) is 0 Å². The third-order valence-corrected chi connectivity index (χ3v) is 3.64. The summed E-state index contributed by atoms with van der Waals surface area (Å²) in [5, 5.41) is 23.9. The molecule has 0 spiro atoms. The number of amides is 2. The number of hydrogen-bond acceptors (Lipinski definition) is 3. The van der Waals surface area contributed by atoms with Crippen LogP contribution in [0.15, 0.2) is 0 Å². The highest BCUT2D eigenvalue weighted by Gasteiger charge is 2.34. The van der Waals surface area contributed by atoms with E-state index >= 15 is 0 Å². The minimum absolute atomic E-state index is 0.0167. The molecule has 1 atom stereocenters.